The van der Waals surface area contributed by atoms with Gasteiger partial charge in [-0.05, 0) is 44.2 Å². The highest BCUT2D eigenvalue weighted by Gasteiger charge is 2.21. The first kappa shape index (κ1) is 9.28. The Labute approximate surface area is 90.3 Å². The van der Waals surface area contributed by atoms with Gasteiger partial charge in [0, 0.05) is 24.4 Å². The molecule has 1 N–H and O–H groups in total. The molecule has 1 aromatic rings. The van der Waals surface area contributed by atoms with E-state index >= 15 is 0 Å². The average molecular weight is 203 g/mol. The lowest BCUT2D eigenvalue weighted by Gasteiger charge is -2.16. The molecule has 1 unspecified atom stereocenters. The van der Waals surface area contributed by atoms with E-state index in [1.807, 2.05) is 0 Å². The quantitative estimate of drug-likeness (QED) is 0.750. The van der Waals surface area contributed by atoms with Gasteiger partial charge >= 0.3 is 0 Å². The van der Waals surface area contributed by atoms with Gasteiger partial charge in [-0.3, -0.25) is 0 Å². The molecule has 1 aliphatic carbocycles. The molecule has 3 rings (SSSR count). The van der Waals surface area contributed by atoms with E-state index in [0.717, 1.165) is 25.3 Å². The number of hydrogen-bond acceptors (Lipinski definition) is 3. The summed E-state index contributed by atoms with van der Waals surface area (Å²) in [5.74, 6) is 1.62. The summed E-state index contributed by atoms with van der Waals surface area (Å²) in [6, 6.07) is 0. The first-order chi connectivity index (χ1) is 7.43. The summed E-state index contributed by atoms with van der Waals surface area (Å²) in [6.45, 7) is 2.17. The summed E-state index contributed by atoms with van der Waals surface area (Å²) in [7, 11) is 0. The first-order valence-electron chi connectivity index (χ1n) is 5.99. The fourth-order valence-electron chi connectivity index (χ4n) is 2.56. The molecule has 15 heavy (non-hydrogen) atoms. The fraction of sp³-hybridized carbons (Fsp3) is 0.667. The van der Waals surface area contributed by atoms with Crippen LogP contribution < -0.4 is 5.32 Å². The van der Waals surface area contributed by atoms with Gasteiger partial charge < -0.3 is 5.32 Å². The van der Waals surface area contributed by atoms with Crippen molar-refractivity contribution in [1.82, 2.24) is 15.3 Å². The number of rotatable bonds is 1. The molecular weight excluding hydrogens is 186 g/mol. The molecule has 2 heterocycles. The fourth-order valence-corrected chi connectivity index (χ4v) is 2.56. The Bertz CT molecular complexity index is 356. The monoisotopic (exact) mass is 203 g/mol. The van der Waals surface area contributed by atoms with Crippen LogP contribution in [0.15, 0.2) is 6.20 Å². The summed E-state index contributed by atoms with van der Waals surface area (Å²) < 4.78 is 0. The van der Waals surface area contributed by atoms with Crippen molar-refractivity contribution >= 4 is 0 Å². The average Bonchev–Trinajstić information content (AvgIpc) is 2.82. The molecule has 0 saturated carbocycles. The van der Waals surface area contributed by atoms with Crippen molar-refractivity contribution in [2.75, 3.05) is 13.1 Å². The minimum atomic E-state index is 0.553. The van der Waals surface area contributed by atoms with Crippen molar-refractivity contribution in [2.45, 2.75) is 38.0 Å². The van der Waals surface area contributed by atoms with Gasteiger partial charge in [-0.25, -0.2) is 9.97 Å². The minimum Gasteiger partial charge on any atom is -0.316 e. The van der Waals surface area contributed by atoms with Crippen molar-refractivity contribution in [3.05, 3.63) is 23.3 Å². The van der Waals surface area contributed by atoms with Gasteiger partial charge in [0.15, 0.2) is 0 Å². The summed E-state index contributed by atoms with van der Waals surface area (Å²) in [5.41, 5.74) is 2.70. The molecule has 80 valence electrons. The second-order valence-corrected chi connectivity index (χ2v) is 4.60. The molecule has 1 aliphatic heterocycles. The SMILES string of the molecule is c1nc(C2CCNC2)nc2c1CCCC2. The normalized spacial score (nSPS) is 25.2. The Hall–Kier alpha value is -0.960. The summed E-state index contributed by atoms with van der Waals surface area (Å²) in [5, 5.41) is 3.37. The van der Waals surface area contributed by atoms with Gasteiger partial charge in [0.2, 0.25) is 0 Å². The minimum absolute atomic E-state index is 0.553. The van der Waals surface area contributed by atoms with Gasteiger partial charge in [0.05, 0.1) is 0 Å². The predicted octanol–water partition coefficient (Wildman–Crippen LogP) is 1.43. The summed E-state index contributed by atoms with van der Waals surface area (Å²) >= 11 is 0. The molecule has 0 spiro atoms. The molecule has 1 saturated heterocycles. The Morgan fingerprint density at radius 1 is 1.27 bits per heavy atom. The Kier molecular flexibility index (Phi) is 2.41. The van der Waals surface area contributed by atoms with Gasteiger partial charge in [-0.2, -0.15) is 0 Å². The van der Waals surface area contributed by atoms with Crippen LogP contribution in [0.2, 0.25) is 0 Å². The molecule has 1 aromatic heterocycles. The third kappa shape index (κ3) is 1.76. The summed E-state index contributed by atoms with van der Waals surface area (Å²) in [6.07, 6.45) is 8.20. The second-order valence-electron chi connectivity index (χ2n) is 4.60. The molecule has 0 amide bonds. The van der Waals surface area contributed by atoms with Crippen molar-refractivity contribution in [3.8, 4) is 0 Å². The van der Waals surface area contributed by atoms with E-state index in [0.29, 0.717) is 5.92 Å². The van der Waals surface area contributed by atoms with E-state index in [4.69, 9.17) is 4.98 Å². The van der Waals surface area contributed by atoms with Crippen LogP contribution in [0.1, 0.15) is 42.3 Å². The van der Waals surface area contributed by atoms with E-state index in [-0.39, 0.29) is 0 Å². The number of aromatic nitrogens is 2. The Morgan fingerprint density at radius 3 is 3.07 bits per heavy atom. The smallest absolute Gasteiger partial charge is 0.132 e. The topological polar surface area (TPSA) is 37.8 Å². The van der Waals surface area contributed by atoms with Crippen LogP contribution in [0.25, 0.3) is 0 Å². The first-order valence-corrected chi connectivity index (χ1v) is 5.99. The van der Waals surface area contributed by atoms with Crippen LogP contribution in [0.3, 0.4) is 0 Å². The van der Waals surface area contributed by atoms with Crippen molar-refractivity contribution in [2.24, 2.45) is 0 Å². The maximum absolute atomic E-state index is 4.74. The highest BCUT2D eigenvalue weighted by Crippen LogP contribution is 2.23. The molecule has 1 atom stereocenters. The molecule has 0 bridgehead atoms. The van der Waals surface area contributed by atoms with E-state index in [1.165, 1.54) is 36.9 Å². The lowest BCUT2D eigenvalue weighted by molar-refractivity contribution is 0.631. The second kappa shape index (κ2) is 3.89. The highest BCUT2D eigenvalue weighted by molar-refractivity contribution is 5.21. The van der Waals surface area contributed by atoms with E-state index in [2.05, 4.69) is 16.5 Å². The molecule has 0 radical (unpaired) electrons. The van der Waals surface area contributed by atoms with Crippen LogP contribution in [0.4, 0.5) is 0 Å². The van der Waals surface area contributed by atoms with E-state index in [9.17, 15) is 0 Å². The zero-order valence-corrected chi connectivity index (χ0v) is 9.00. The highest BCUT2D eigenvalue weighted by atomic mass is 15.0. The molecule has 3 nitrogen and oxygen atoms in total. The maximum Gasteiger partial charge on any atom is 0.132 e. The maximum atomic E-state index is 4.74. The van der Waals surface area contributed by atoms with Crippen molar-refractivity contribution in [3.63, 3.8) is 0 Å². The van der Waals surface area contributed by atoms with Crippen LogP contribution in [-0.4, -0.2) is 23.1 Å². The van der Waals surface area contributed by atoms with Crippen LogP contribution in [0, 0.1) is 0 Å². The summed E-state index contributed by atoms with van der Waals surface area (Å²) in [4.78, 5) is 9.27. The zero-order valence-electron chi connectivity index (χ0n) is 9.00. The number of aryl methyl sites for hydroxylation is 2. The van der Waals surface area contributed by atoms with Crippen molar-refractivity contribution in [1.29, 1.82) is 0 Å². The third-order valence-electron chi connectivity index (χ3n) is 3.51. The molecular formula is C12H17N3. The molecule has 2 aliphatic rings. The number of hydrogen-bond donors (Lipinski definition) is 1. The lowest BCUT2D eigenvalue weighted by atomic mass is 9.97. The van der Waals surface area contributed by atoms with E-state index in [1.54, 1.807) is 0 Å². The lowest BCUT2D eigenvalue weighted by Crippen LogP contribution is -2.13. The molecule has 1 fully saturated rings. The van der Waals surface area contributed by atoms with Crippen LogP contribution in [0.5, 0.6) is 0 Å². The third-order valence-corrected chi connectivity index (χ3v) is 3.51. The Balaban J connectivity index is 1.89. The van der Waals surface area contributed by atoms with Crippen LogP contribution >= 0.6 is 0 Å². The molecule has 0 aromatic carbocycles. The predicted molar refractivity (Wildman–Crippen MR) is 58.9 cm³/mol. The van der Waals surface area contributed by atoms with Gasteiger partial charge in [-0.15, -0.1) is 0 Å². The van der Waals surface area contributed by atoms with Crippen molar-refractivity contribution < 1.29 is 0 Å². The standard InChI is InChI=1S/C12H17N3/c1-2-4-11-9(3-1)8-14-12(15-11)10-5-6-13-7-10/h8,10,13H,1-7H2. The number of nitrogens with one attached hydrogen (secondary N) is 1. The number of fused-ring (bicyclic) bond motifs is 1. The van der Waals surface area contributed by atoms with Gasteiger partial charge in [0.25, 0.3) is 0 Å². The zero-order chi connectivity index (χ0) is 10.1. The van der Waals surface area contributed by atoms with Gasteiger partial charge in [0.1, 0.15) is 5.82 Å². The Morgan fingerprint density at radius 2 is 2.20 bits per heavy atom. The van der Waals surface area contributed by atoms with Crippen LogP contribution in [-0.2, 0) is 12.8 Å². The molecule has 3 heteroatoms. The van der Waals surface area contributed by atoms with Gasteiger partial charge in [-0.1, -0.05) is 0 Å². The number of nitrogens with zero attached hydrogens (tertiary/aromatic N) is 2. The largest absolute Gasteiger partial charge is 0.316 e. The van der Waals surface area contributed by atoms with E-state index < -0.39 is 0 Å².